The third-order valence-corrected chi connectivity index (χ3v) is 7.40. The van der Waals surface area contributed by atoms with Crippen LogP contribution in [0.3, 0.4) is 0 Å². The fraction of sp³-hybridized carbons (Fsp3) is 0.412. The zero-order chi connectivity index (χ0) is 18.1. The Morgan fingerprint density at radius 2 is 2.27 bits per heavy atom. The SMILES string of the molecule is C[C@H](SCc1nc2sc3c(c2c(=O)[nH]1)CCCC3)C(=O)Nc1nccs1. The number of aromatic nitrogens is 3. The minimum Gasteiger partial charge on any atom is -0.309 e. The maximum Gasteiger partial charge on any atom is 0.259 e. The number of fused-ring (bicyclic) bond motifs is 3. The summed E-state index contributed by atoms with van der Waals surface area (Å²) in [5.74, 6) is 1.01. The largest absolute Gasteiger partial charge is 0.309 e. The lowest BCUT2D eigenvalue weighted by atomic mass is 9.97. The van der Waals surface area contributed by atoms with Gasteiger partial charge in [0, 0.05) is 16.5 Å². The predicted octanol–water partition coefficient (Wildman–Crippen LogP) is 3.58. The quantitative estimate of drug-likeness (QED) is 0.676. The van der Waals surface area contributed by atoms with E-state index >= 15 is 0 Å². The van der Waals surface area contributed by atoms with E-state index in [0.717, 1.165) is 29.5 Å². The summed E-state index contributed by atoms with van der Waals surface area (Å²) < 4.78 is 0. The summed E-state index contributed by atoms with van der Waals surface area (Å²) in [6.07, 6.45) is 6.01. The predicted molar refractivity (Wildman–Crippen MR) is 108 cm³/mol. The topological polar surface area (TPSA) is 87.7 Å². The van der Waals surface area contributed by atoms with Gasteiger partial charge in [-0.05, 0) is 38.2 Å². The number of thiazole rings is 1. The Morgan fingerprint density at radius 3 is 3.08 bits per heavy atom. The highest BCUT2D eigenvalue weighted by atomic mass is 32.2. The molecule has 26 heavy (non-hydrogen) atoms. The fourth-order valence-corrected chi connectivity index (χ4v) is 5.62. The van der Waals surface area contributed by atoms with Gasteiger partial charge in [0.1, 0.15) is 10.7 Å². The van der Waals surface area contributed by atoms with E-state index in [4.69, 9.17) is 0 Å². The van der Waals surface area contributed by atoms with Crippen molar-refractivity contribution in [1.82, 2.24) is 15.0 Å². The summed E-state index contributed by atoms with van der Waals surface area (Å²) in [6.45, 7) is 1.84. The maximum absolute atomic E-state index is 12.5. The Bertz CT molecular complexity index is 994. The van der Waals surface area contributed by atoms with Crippen molar-refractivity contribution >= 4 is 55.7 Å². The molecule has 6 nitrogen and oxygen atoms in total. The summed E-state index contributed by atoms with van der Waals surface area (Å²) >= 11 is 4.48. The number of anilines is 1. The molecule has 9 heteroatoms. The maximum atomic E-state index is 12.5. The normalized spacial score (nSPS) is 15.0. The van der Waals surface area contributed by atoms with Gasteiger partial charge in [-0.2, -0.15) is 0 Å². The van der Waals surface area contributed by atoms with Crippen molar-refractivity contribution in [2.75, 3.05) is 5.32 Å². The van der Waals surface area contributed by atoms with Crippen molar-refractivity contribution in [1.29, 1.82) is 0 Å². The van der Waals surface area contributed by atoms with E-state index in [1.54, 1.807) is 17.5 Å². The number of amides is 1. The molecule has 1 amide bonds. The minimum absolute atomic E-state index is 0.0510. The van der Waals surface area contributed by atoms with Gasteiger partial charge in [-0.25, -0.2) is 9.97 Å². The van der Waals surface area contributed by atoms with Gasteiger partial charge in [0.25, 0.3) is 5.56 Å². The van der Waals surface area contributed by atoms with Crippen LogP contribution < -0.4 is 10.9 Å². The van der Waals surface area contributed by atoms with Gasteiger partial charge >= 0.3 is 0 Å². The third kappa shape index (κ3) is 3.56. The fourth-order valence-electron chi connectivity index (χ4n) is 3.05. The van der Waals surface area contributed by atoms with Crippen LogP contribution in [-0.2, 0) is 23.4 Å². The molecule has 0 radical (unpaired) electrons. The number of carbonyl (C=O) groups is 1. The molecule has 0 unspecified atom stereocenters. The van der Waals surface area contributed by atoms with Crippen LogP contribution in [0.2, 0.25) is 0 Å². The number of carbonyl (C=O) groups excluding carboxylic acids is 1. The first-order valence-electron chi connectivity index (χ1n) is 8.47. The Hall–Kier alpha value is -1.71. The molecule has 3 aromatic heterocycles. The number of aromatic amines is 1. The highest BCUT2D eigenvalue weighted by molar-refractivity contribution is 7.99. The highest BCUT2D eigenvalue weighted by Crippen LogP contribution is 2.33. The van der Waals surface area contributed by atoms with Gasteiger partial charge in [-0.15, -0.1) is 34.4 Å². The smallest absolute Gasteiger partial charge is 0.259 e. The Labute approximate surface area is 162 Å². The zero-order valence-electron chi connectivity index (χ0n) is 14.2. The van der Waals surface area contributed by atoms with Gasteiger partial charge in [0.05, 0.1) is 16.4 Å². The van der Waals surface area contributed by atoms with E-state index in [0.29, 0.717) is 16.7 Å². The van der Waals surface area contributed by atoms with E-state index in [-0.39, 0.29) is 16.7 Å². The van der Waals surface area contributed by atoms with Gasteiger partial charge in [0.15, 0.2) is 5.13 Å². The van der Waals surface area contributed by atoms with Crippen molar-refractivity contribution in [3.05, 3.63) is 38.2 Å². The lowest BCUT2D eigenvalue weighted by Gasteiger charge is -2.10. The van der Waals surface area contributed by atoms with Crippen LogP contribution >= 0.6 is 34.4 Å². The third-order valence-electron chi connectivity index (χ3n) is 4.38. The van der Waals surface area contributed by atoms with E-state index in [2.05, 4.69) is 20.3 Å². The standard InChI is InChI=1S/C17H18N4O2S3/c1-9(14(22)21-17-18-6-7-24-17)25-8-12-19-15(23)13-10-4-2-3-5-11(10)26-16(13)20-12/h6-7,9H,2-5,8H2,1H3,(H,18,21,22)(H,19,20,23)/t9-/m0/s1. The number of thioether (sulfide) groups is 1. The molecule has 0 fully saturated rings. The molecule has 1 aliphatic rings. The molecular weight excluding hydrogens is 388 g/mol. The second kappa shape index (κ2) is 7.50. The number of rotatable bonds is 5. The first kappa shape index (κ1) is 17.7. The van der Waals surface area contributed by atoms with E-state index in [1.165, 1.54) is 40.0 Å². The van der Waals surface area contributed by atoms with Crippen molar-refractivity contribution in [2.45, 2.75) is 43.6 Å². The summed E-state index contributed by atoms with van der Waals surface area (Å²) in [4.78, 5) is 38.5. The Balaban J connectivity index is 1.47. The molecule has 0 saturated carbocycles. The van der Waals surface area contributed by atoms with Crippen LogP contribution in [-0.4, -0.2) is 26.1 Å². The average Bonchev–Trinajstić information content (AvgIpc) is 3.26. The van der Waals surface area contributed by atoms with Gasteiger partial charge < -0.3 is 10.3 Å². The molecule has 2 N–H and O–H groups in total. The Kier molecular flexibility index (Phi) is 5.10. The lowest BCUT2D eigenvalue weighted by molar-refractivity contribution is -0.115. The van der Waals surface area contributed by atoms with E-state index in [1.807, 2.05) is 12.3 Å². The van der Waals surface area contributed by atoms with Crippen molar-refractivity contribution in [3.8, 4) is 0 Å². The highest BCUT2D eigenvalue weighted by Gasteiger charge is 2.20. The second-order valence-corrected chi connectivity index (χ2v) is 9.49. The number of hydrogen-bond acceptors (Lipinski definition) is 7. The van der Waals surface area contributed by atoms with Crippen LogP contribution in [0.25, 0.3) is 10.2 Å². The van der Waals surface area contributed by atoms with E-state index in [9.17, 15) is 9.59 Å². The van der Waals surface area contributed by atoms with Gasteiger partial charge in [-0.3, -0.25) is 9.59 Å². The first-order valence-corrected chi connectivity index (χ1v) is 11.2. The van der Waals surface area contributed by atoms with Gasteiger partial charge in [-0.1, -0.05) is 0 Å². The van der Waals surface area contributed by atoms with Crippen molar-refractivity contribution in [3.63, 3.8) is 0 Å². The van der Waals surface area contributed by atoms with E-state index < -0.39 is 0 Å². The molecule has 0 aromatic carbocycles. The molecule has 1 aliphatic carbocycles. The summed E-state index contributed by atoms with van der Waals surface area (Å²) in [7, 11) is 0. The number of aryl methyl sites for hydroxylation is 2. The van der Waals surface area contributed by atoms with Crippen molar-refractivity contribution in [2.24, 2.45) is 0 Å². The molecule has 3 heterocycles. The van der Waals surface area contributed by atoms with Crippen LogP contribution in [0.15, 0.2) is 16.4 Å². The zero-order valence-corrected chi connectivity index (χ0v) is 16.7. The molecule has 0 spiro atoms. The van der Waals surface area contributed by atoms with Crippen LogP contribution in [0.5, 0.6) is 0 Å². The van der Waals surface area contributed by atoms with Gasteiger partial charge in [0.2, 0.25) is 5.91 Å². The summed E-state index contributed by atoms with van der Waals surface area (Å²) in [5, 5.41) is 5.71. The number of nitrogens with zero attached hydrogens (tertiary/aromatic N) is 2. The molecule has 4 rings (SSSR count). The number of nitrogens with one attached hydrogen (secondary N) is 2. The lowest BCUT2D eigenvalue weighted by Crippen LogP contribution is -2.22. The molecule has 136 valence electrons. The number of thiophene rings is 1. The molecular formula is C17H18N4O2S3. The first-order chi connectivity index (χ1) is 12.6. The molecule has 3 aromatic rings. The Morgan fingerprint density at radius 1 is 1.42 bits per heavy atom. The molecule has 0 bridgehead atoms. The molecule has 1 atom stereocenters. The second-order valence-electron chi connectivity index (χ2n) is 6.18. The van der Waals surface area contributed by atoms with Crippen LogP contribution in [0.1, 0.15) is 36.0 Å². The summed E-state index contributed by atoms with van der Waals surface area (Å²) in [6, 6.07) is 0. The summed E-state index contributed by atoms with van der Waals surface area (Å²) in [5.41, 5.74) is 1.14. The monoisotopic (exact) mass is 406 g/mol. The molecule has 0 aliphatic heterocycles. The number of H-pyrrole nitrogens is 1. The van der Waals surface area contributed by atoms with Crippen molar-refractivity contribution < 1.29 is 4.79 Å². The van der Waals surface area contributed by atoms with Crippen LogP contribution in [0, 0.1) is 0 Å². The average molecular weight is 407 g/mol. The molecule has 0 saturated heterocycles. The van der Waals surface area contributed by atoms with Crippen LogP contribution in [0.4, 0.5) is 5.13 Å². The number of hydrogen-bond donors (Lipinski definition) is 2. The minimum atomic E-state index is -0.267.